The van der Waals surface area contributed by atoms with Crippen molar-refractivity contribution < 1.29 is 9.72 Å². The first-order chi connectivity index (χ1) is 9.49. The smallest absolute Gasteiger partial charge is 0.292 e. The van der Waals surface area contributed by atoms with E-state index in [0.29, 0.717) is 6.54 Å². The summed E-state index contributed by atoms with van der Waals surface area (Å²) in [6.45, 7) is 2.39. The predicted octanol–water partition coefficient (Wildman–Crippen LogP) is 1.42. The van der Waals surface area contributed by atoms with Gasteiger partial charge >= 0.3 is 0 Å². The van der Waals surface area contributed by atoms with Gasteiger partial charge in [-0.1, -0.05) is 19.8 Å². The fourth-order valence-electron chi connectivity index (χ4n) is 1.81. The molecule has 0 saturated heterocycles. The number of anilines is 1. The minimum absolute atomic E-state index is 0.0351. The van der Waals surface area contributed by atoms with Crippen LogP contribution in [0.4, 0.5) is 11.4 Å². The SMILES string of the molecule is CCCCC(CN)NC(=O)c1ccc(N)c([N+](=O)[O-])c1. The zero-order chi connectivity index (χ0) is 15.1. The Labute approximate surface area is 117 Å². The fraction of sp³-hybridized carbons (Fsp3) is 0.462. The first-order valence-corrected chi connectivity index (χ1v) is 6.54. The summed E-state index contributed by atoms with van der Waals surface area (Å²) >= 11 is 0. The van der Waals surface area contributed by atoms with Gasteiger partial charge in [0.25, 0.3) is 11.6 Å². The van der Waals surface area contributed by atoms with Crippen LogP contribution in [0.3, 0.4) is 0 Å². The van der Waals surface area contributed by atoms with E-state index in [1.165, 1.54) is 18.2 Å². The van der Waals surface area contributed by atoms with Crippen molar-refractivity contribution in [1.82, 2.24) is 5.32 Å². The monoisotopic (exact) mass is 280 g/mol. The van der Waals surface area contributed by atoms with Crippen LogP contribution in [0.5, 0.6) is 0 Å². The summed E-state index contributed by atoms with van der Waals surface area (Å²) in [7, 11) is 0. The molecule has 1 unspecified atom stereocenters. The van der Waals surface area contributed by atoms with Crippen LogP contribution in [-0.2, 0) is 0 Å². The number of hydrogen-bond acceptors (Lipinski definition) is 5. The highest BCUT2D eigenvalue weighted by Gasteiger charge is 2.17. The van der Waals surface area contributed by atoms with Crippen LogP contribution in [0.2, 0.25) is 0 Å². The molecular weight excluding hydrogens is 260 g/mol. The van der Waals surface area contributed by atoms with E-state index in [4.69, 9.17) is 11.5 Å². The molecule has 0 spiro atoms. The van der Waals surface area contributed by atoms with Gasteiger partial charge in [0.1, 0.15) is 5.69 Å². The molecule has 0 aromatic heterocycles. The highest BCUT2D eigenvalue weighted by atomic mass is 16.6. The Morgan fingerprint density at radius 1 is 1.50 bits per heavy atom. The average molecular weight is 280 g/mol. The van der Waals surface area contributed by atoms with Crippen molar-refractivity contribution >= 4 is 17.3 Å². The highest BCUT2D eigenvalue weighted by Crippen LogP contribution is 2.22. The van der Waals surface area contributed by atoms with Gasteiger partial charge in [-0.15, -0.1) is 0 Å². The number of nitrogens with two attached hydrogens (primary N) is 2. The maximum absolute atomic E-state index is 12.0. The second-order valence-electron chi connectivity index (χ2n) is 4.58. The van der Waals surface area contributed by atoms with Gasteiger partial charge in [0.05, 0.1) is 4.92 Å². The van der Waals surface area contributed by atoms with Crippen molar-refractivity contribution in [3.63, 3.8) is 0 Å². The highest BCUT2D eigenvalue weighted by molar-refractivity contribution is 5.95. The van der Waals surface area contributed by atoms with E-state index in [1.54, 1.807) is 0 Å². The van der Waals surface area contributed by atoms with Crippen LogP contribution in [0.15, 0.2) is 18.2 Å². The zero-order valence-electron chi connectivity index (χ0n) is 11.5. The first kappa shape index (κ1) is 15.9. The summed E-state index contributed by atoms with van der Waals surface area (Å²) in [5, 5.41) is 13.6. The van der Waals surface area contributed by atoms with Gasteiger partial charge in [0, 0.05) is 24.2 Å². The number of rotatable bonds is 7. The first-order valence-electron chi connectivity index (χ1n) is 6.54. The quantitative estimate of drug-likeness (QED) is 0.396. The van der Waals surface area contributed by atoms with E-state index in [9.17, 15) is 14.9 Å². The Bertz CT molecular complexity index is 491. The van der Waals surface area contributed by atoms with Crippen molar-refractivity contribution in [2.24, 2.45) is 5.73 Å². The summed E-state index contributed by atoms with van der Waals surface area (Å²) < 4.78 is 0. The normalized spacial score (nSPS) is 11.9. The molecule has 5 N–H and O–H groups in total. The molecule has 7 nitrogen and oxygen atoms in total. The second-order valence-corrected chi connectivity index (χ2v) is 4.58. The molecule has 20 heavy (non-hydrogen) atoms. The van der Waals surface area contributed by atoms with E-state index >= 15 is 0 Å². The fourth-order valence-corrected chi connectivity index (χ4v) is 1.81. The third-order valence-electron chi connectivity index (χ3n) is 3.02. The molecule has 0 bridgehead atoms. The van der Waals surface area contributed by atoms with Crippen LogP contribution < -0.4 is 16.8 Å². The summed E-state index contributed by atoms with van der Waals surface area (Å²) in [4.78, 5) is 22.2. The number of benzene rings is 1. The molecule has 0 heterocycles. The lowest BCUT2D eigenvalue weighted by atomic mass is 10.1. The Morgan fingerprint density at radius 3 is 2.75 bits per heavy atom. The number of amides is 1. The molecule has 110 valence electrons. The lowest BCUT2D eigenvalue weighted by molar-refractivity contribution is -0.383. The number of hydrogen-bond donors (Lipinski definition) is 3. The largest absolute Gasteiger partial charge is 0.393 e. The summed E-state index contributed by atoms with van der Waals surface area (Å²) in [6.07, 6.45) is 2.76. The van der Waals surface area contributed by atoms with Crippen LogP contribution in [0.25, 0.3) is 0 Å². The maximum atomic E-state index is 12.0. The van der Waals surface area contributed by atoms with Crippen molar-refractivity contribution in [3.8, 4) is 0 Å². The summed E-state index contributed by atoms with van der Waals surface area (Å²) in [5.41, 5.74) is 11.1. The second kappa shape index (κ2) is 7.44. The van der Waals surface area contributed by atoms with E-state index in [0.717, 1.165) is 19.3 Å². The minimum Gasteiger partial charge on any atom is -0.393 e. The molecule has 0 aliphatic heterocycles. The molecule has 1 rings (SSSR count). The van der Waals surface area contributed by atoms with Gasteiger partial charge in [-0.2, -0.15) is 0 Å². The minimum atomic E-state index is -0.608. The number of nitro benzene ring substituents is 1. The van der Waals surface area contributed by atoms with E-state index < -0.39 is 4.92 Å². The molecule has 7 heteroatoms. The summed E-state index contributed by atoms with van der Waals surface area (Å²) in [5.74, 6) is -0.375. The predicted molar refractivity (Wildman–Crippen MR) is 77.3 cm³/mol. The number of nitrogens with zero attached hydrogens (tertiary/aromatic N) is 1. The van der Waals surface area contributed by atoms with Gasteiger partial charge < -0.3 is 16.8 Å². The Morgan fingerprint density at radius 2 is 2.20 bits per heavy atom. The molecule has 0 saturated carbocycles. The number of nitro groups is 1. The molecular formula is C13H20N4O3. The van der Waals surface area contributed by atoms with Crippen molar-refractivity contribution in [2.75, 3.05) is 12.3 Å². The average Bonchev–Trinajstić information content (AvgIpc) is 2.43. The molecule has 0 radical (unpaired) electrons. The summed E-state index contributed by atoms with van der Waals surface area (Å²) in [6, 6.07) is 3.87. The van der Waals surface area contributed by atoms with E-state index in [2.05, 4.69) is 12.2 Å². The zero-order valence-corrected chi connectivity index (χ0v) is 11.5. The van der Waals surface area contributed by atoms with Gasteiger partial charge in [0.2, 0.25) is 0 Å². The Kier molecular flexibility index (Phi) is 5.92. The van der Waals surface area contributed by atoms with Crippen molar-refractivity contribution in [2.45, 2.75) is 32.2 Å². The Hall–Kier alpha value is -2.15. The number of nitrogens with one attached hydrogen (secondary N) is 1. The topological polar surface area (TPSA) is 124 Å². The van der Waals surface area contributed by atoms with E-state index in [-0.39, 0.29) is 28.9 Å². The third kappa shape index (κ3) is 4.20. The molecule has 1 aromatic rings. The van der Waals surface area contributed by atoms with Crippen LogP contribution in [0.1, 0.15) is 36.5 Å². The Balaban J connectivity index is 2.81. The van der Waals surface area contributed by atoms with Crippen molar-refractivity contribution in [3.05, 3.63) is 33.9 Å². The third-order valence-corrected chi connectivity index (χ3v) is 3.02. The molecule has 1 amide bonds. The van der Waals surface area contributed by atoms with Gasteiger partial charge in [-0.25, -0.2) is 0 Å². The van der Waals surface area contributed by atoms with Crippen LogP contribution in [-0.4, -0.2) is 23.4 Å². The van der Waals surface area contributed by atoms with Gasteiger partial charge in [-0.3, -0.25) is 14.9 Å². The number of unbranched alkanes of at least 4 members (excludes halogenated alkanes) is 1. The lowest BCUT2D eigenvalue weighted by Gasteiger charge is -2.16. The van der Waals surface area contributed by atoms with Crippen molar-refractivity contribution in [1.29, 1.82) is 0 Å². The molecule has 0 aliphatic carbocycles. The molecule has 1 atom stereocenters. The maximum Gasteiger partial charge on any atom is 0.292 e. The molecule has 1 aromatic carbocycles. The van der Waals surface area contributed by atoms with Crippen LogP contribution >= 0.6 is 0 Å². The van der Waals surface area contributed by atoms with E-state index in [1.807, 2.05) is 0 Å². The standard InChI is InChI=1S/C13H20N4O3/c1-2-3-4-10(8-14)16-13(18)9-5-6-11(15)12(7-9)17(19)20/h5-7,10H,2-4,8,14-15H2,1H3,(H,16,18). The lowest BCUT2D eigenvalue weighted by Crippen LogP contribution is -2.40. The van der Waals surface area contributed by atoms with Gasteiger partial charge in [0.15, 0.2) is 0 Å². The number of nitrogen functional groups attached to an aromatic ring is 1. The number of carbonyl (C=O) groups is 1. The molecule has 0 aliphatic rings. The van der Waals surface area contributed by atoms with Gasteiger partial charge in [-0.05, 0) is 18.6 Å². The van der Waals surface area contributed by atoms with Crippen LogP contribution in [0, 0.1) is 10.1 Å². The molecule has 0 fully saturated rings. The number of carbonyl (C=O) groups excluding carboxylic acids is 1.